The fourth-order valence-electron chi connectivity index (χ4n) is 3.24. The quantitative estimate of drug-likeness (QED) is 0.835. The van der Waals surface area contributed by atoms with Crippen molar-refractivity contribution in [1.82, 2.24) is 0 Å². The SMILES string of the molecule is CCCC1CCCCN1c1cc(N)cc(S(N)(=O)=O)c1C. The van der Waals surface area contributed by atoms with E-state index in [4.69, 9.17) is 10.9 Å². The number of primary sulfonamides is 1. The lowest BCUT2D eigenvalue weighted by molar-refractivity contribution is 0.434. The van der Waals surface area contributed by atoms with Gasteiger partial charge in [-0.25, -0.2) is 13.6 Å². The Hall–Kier alpha value is -1.27. The summed E-state index contributed by atoms with van der Waals surface area (Å²) in [7, 11) is -3.75. The van der Waals surface area contributed by atoms with Gasteiger partial charge >= 0.3 is 0 Å². The van der Waals surface area contributed by atoms with Crippen molar-refractivity contribution in [3.8, 4) is 0 Å². The molecule has 1 fully saturated rings. The molecule has 6 heteroatoms. The number of hydrogen-bond acceptors (Lipinski definition) is 4. The molecule has 1 saturated heterocycles. The molecule has 0 saturated carbocycles. The summed E-state index contributed by atoms with van der Waals surface area (Å²) in [6.07, 6.45) is 5.72. The predicted molar refractivity (Wildman–Crippen MR) is 86.9 cm³/mol. The molecule has 1 aliphatic heterocycles. The van der Waals surface area contributed by atoms with E-state index in [1.807, 2.05) is 13.0 Å². The molecule has 0 spiro atoms. The van der Waals surface area contributed by atoms with Gasteiger partial charge in [0.2, 0.25) is 10.0 Å². The smallest absolute Gasteiger partial charge is 0.238 e. The Morgan fingerprint density at radius 1 is 1.33 bits per heavy atom. The molecule has 0 aromatic heterocycles. The van der Waals surface area contributed by atoms with Gasteiger partial charge in [0.25, 0.3) is 0 Å². The van der Waals surface area contributed by atoms with Crippen molar-refractivity contribution in [1.29, 1.82) is 0 Å². The number of nitrogens with zero attached hydrogens (tertiary/aromatic N) is 1. The minimum absolute atomic E-state index is 0.137. The second kappa shape index (κ2) is 6.23. The summed E-state index contributed by atoms with van der Waals surface area (Å²) in [6.45, 7) is 4.93. The number of nitrogens with two attached hydrogens (primary N) is 2. The molecule has 1 aromatic carbocycles. The minimum Gasteiger partial charge on any atom is -0.399 e. The first-order chi connectivity index (χ1) is 9.84. The topological polar surface area (TPSA) is 89.4 Å². The number of rotatable bonds is 4. The first kappa shape index (κ1) is 16.1. The van der Waals surface area contributed by atoms with Crippen LogP contribution in [0, 0.1) is 6.92 Å². The van der Waals surface area contributed by atoms with Crippen molar-refractivity contribution < 1.29 is 8.42 Å². The predicted octanol–water partition coefficient (Wildman–Crippen LogP) is 2.38. The average Bonchev–Trinajstić information content (AvgIpc) is 2.41. The Morgan fingerprint density at radius 3 is 2.67 bits per heavy atom. The van der Waals surface area contributed by atoms with Crippen LogP contribution in [0.1, 0.15) is 44.6 Å². The van der Waals surface area contributed by atoms with E-state index >= 15 is 0 Å². The van der Waals surface area contributed by atoms with Gasteiger partial charge in [0.05, 0.1) is 4.90 Å². The summed E-state index contributed by atoms with van der Waals surface area (Å²) in [6, 6.07) is 3.78. The maximum atomic E-state index is 11.8. The van der Waals surface area contributed by atoms with Crippen LogP contribution in [-0.4, -0.2) is 21.0 Å². The van der Waals surface area contributed by atoms with Gasteiger partial charge in [-0.05, 0) is 50.3 Å². The van der Waals surface area contributed by atoms with Crippen molar-refractivity contribution in [2.75, 3.05) is 17.2 Å². The number of benzene rings is 1. The third-order valence-electron chi connectivity index (χ3n) is 4.22. The summed E-state index contributed by atoms with van der Waals surface area (Å²) in [4.78, 5) is 2.45. The molecule has 1 heterocycles. The van der Waals surface area contributed by atoms with Crippen LogP contribution < -0.4 is 15.8 Å². The fraction of sp³-hybridized carbons (Fsp3) is 0.600. The van der Waals surface area contributed by atoms with Crippen molar-refractivity contribution >= 4 is 21.4 Å². The lowest BCUT2D eigenvalue weighted by Crippen LogP contribution is -2.40. The Kier molecular flexibility index (Phi) is 4.78. The largest absolute Gasteiger partial charge is 0.399 e. The van der Waals surface area contributed by atoms with Gasteiger partial charge in [-0.2, -0.15) is 0 Å². The molecule has 5 nitrogen and oxygen atoms in total. The molecule has 1 aliphatic rings. The molecule has 0 amide bonds. The number of piperidine rings is 1. The van der Waals surface area contributed by atoms with Crippen molar-refractivity contribution in [2.45, 2.75) is 56.9 Å². The van der Waals surface area contributed by atoms with E-state index in [-0.39, 0.29) is 4.90 Å². The minimum atomic E-state index is -3.75. The molecular weight excluding hydrogens is 286 g/mol. The zero-order chi connectivity index (χ0) is 15.6. The highest BCUT2D eigenvalue weighted by Crippen LogP contribution is 2.34. The third kappa shape index (κ3) is 3.49. The Labute approximate surface area is 127 Å². The molecule has 0 bridgehead atoms. The maximum Gasteiger partial charge on any atom is 0.238 e. The Balaban J connectivity index is 2.49. The van der Waals surface area contributed by atoms with Crippen LogP contribution in [0.25, 0.3) is 0 Å². The van der Waals surface area contributed by atoms with E-state index in [9.17, 15) is 8.42 Å². The first-order valence-electron chi connectivity index (χ1n) is 7.54. The van der Waals surface area contributed by atoms with E-state index in [0.717, 1.165) is 37.9 Å². The van der Waals surface area contributed by atoms with E-state index in [0.29, 0.717) is 17.3 Å². The van der Waals surface area contributed by atoms with Crippen LogP contribution in [0.15, 0.2) is 17.0 Å². The molecule has 1 unspecified atom stereocenters. The average molecular weight is 311 g/mol. The van der Waals surface area contributed by atoms with E-state index < -0.39 is 10.0 Å². The van der Waals surface area contributed by atoms with Gasteiger partial charge in [-0.15, -0.1) is 0 Å². The molecule has 0 aliphatic carbocycles. The number of hydrogen-bond donors (Lipinski definition) is 2. The van der Waals surface area contributed by atoms with Crippen LogP contribution in [0.5, 0.6) is 0 Å². The van der Waals surface area contributed by atoms with Gasteiger partial charge in [-0.1, -0.05) is 13.3 Å². The monoisotopic (exact) mass is 311 g/mol. The van der Waals surface area contributed by atoms with Crippen molar-refractivity contribution in [3.63, 3.8) is 0 Å². The van der Waals surface area contributed by atoms with Gasteiger partial charge in [-0.3, -0.25) is 0 Å². The molecular formula is C15H25N3O2S. The lowest BCUT2D eigenvalue weighted by Gasteiger charge is -2.39. The zero-order valence-electron chi connectivity index (χ0n) is 12.8. The fourth-order valence-corrected chi connectivity index (χ4v) is 4.07. The molecule has 1 aromatic rings. The van der Waals surface area contributed by atoms with Gasteiger partial charge in [0, 0.05) is 24.0 Å². The van der Waals surface area contributed by atoms with Crippen molar-refractivity contribution in [2.24, 2.45) is 5.14 Å². The summed E-state index contributed by atoms with van der Waals surface area (Å²) in [5, 5.41) is 5.32. The number of sulfonamides is 1. The Bertz CT molecular complexity index is 612. The third-order valence-corrected chi connectivity index (χ3v) is 5.26. The normalized spacial score (nSPS) is 19.8. The van der Waals surface area contributed by atoms with E-state index in [1.54, 1.807) is 0 Å². The van der Waals surface area contributed by atoms with Crippen LogP contribution >= 0.6 is 0 Å². The lowest BCUT2D eigenvalue weighted by atomic mass is 9.96. The second-order valence-electron chi connectivity index (χ2n) is 5.84. The summed E-state index contributed by atoms with van der Waals surface area (Å²) >= 11 is 0. The van der Waals surface area contributed by atoms with Crippen LogP contribution in [0.2, 0.25) is 0 Å². The van der Waals surface area contributed by atoms with Gasteiger partial charge in [0.15, 0.2) is 0 Å². The van der Waals surface area contributed by atoms with Crippen LogP contribution in [0.3, 0.4) is 0 Å². The Morgan fingerprint density at radius 2 is 2.05 bits per heavy atom. The van der Waals surface area contributed by atoms with Crippen LogP contribution in [0.4, 0.5) is 11.4 Å². The van der Waals surface area contributed by atoms with Gasteiger partial charge < -0.3 is 10.6 Å². The first-order valence-corrected chi connectivity index (χ1v) is 9.08. The summed E-state index contributed by atoms with van der Waals surface area (Å²) in [5.41, 5.74) is 7.97. The molecule has 2 rings (SSSR count). The second-order valence-corrected chi connectivity index (χ2v) is 7.37. The number of nitrogen functional groups attached to an aromatic ring is 1. The maximum absolute atomic E-state index is 11.8. The van der Waals surface area contributed by atoms with E-state index in [1.165, 1.54) is 12.5 Å². The summed E-state index contributed by atoms with van der Waals surface area (Å²) < 4.78 is 23.5. The molecule has 4 N–H and O–H groups in total. The highest BCUT2D eigenvalue weighted by Gasteiger charge is 2.25. The number of anilines is 2. The summed E-state index contributed by atoms with van der Waals surface area (Å²) in [5.74, 6) is 0. The molecule has 1 atom stereocenters. The molecule has 0 radical (unpaired) electrons. The standard InChI is InChI=1S/C15H25N3O2S/c1-3-6-13-7-4-5-8-18(13)14-9-12(16)10-15(11(14)2)21(17,19)20/h9-10,13H,3-8,16H2,1-2H3,(H2,17,19,20). The zero-order valence-corrected chi connectivity index (χ0v) is 13.6. The van der Waals surface area contributed by atoms with E-state index in [2.05, 4.69) is 11.8 Å². The molecule has 118 valence electrons. The highest BCUT2D eigenvalue weighted by atomic mass is 32.2. The van der Waals surface area contributed by atoms with Gasteiger partial charge in [0.1, 0.15) is 0 Å². The van der Waals surface area contributed by atoms with Crippen LogP contribution in [-0.2, 0) is 10.0 Å². The van der Waals surface area contributed by atoms with Crippen molar-refractivity contribution in [3.05, 3.63) is 17.7 Å². The highest BCUT2D eigenvalue weighted by molar-refractivity contribution is 7.89. The molecule has 21 heavy (non-hydrogen) atoms.